The second-order valence-corrected chi connectivity index (χ2v) is 9.50. The molecule has 1 unspecified atom stereocenters. The van der Waals surface area contributed by atoms with E-state index in [9.17, 15) is 14.7 Å². The van der Waals surface area contributed by atoms with Crippen molar-refractivity contribution in [1.82, 2.24) is 0 Å². The van der Waals surface area contributed by atoms with Gasteiger partial charge in [0.15, 0.2) is 0 Å². The highest BCUT2D eigenvalue weighted by molar-refractivity contribution is 6.51. The van der Waals surface area contributed by atoms with Gasteiger partial charge >= 0.3 is 0 Å². The van der Waals surface area contributed by atoms with Crippen LogP contribution in [-0.2, 0) is 9.59 Å². The third-order valence-electron chi connectivity index (χ3n) is 6.92. The lowest BCUT2D eigenvalue weighted by Crippen LogP contribution is -2.30. The van der Waals surface area contributed by atoms with Crippen molar-refractivity contribution in [3.63, 3.8) is 0 Å². The van der Waals surface area contributed by atoms with Crippen LogP contribution in [0.4, 0.5) is 5.69 Å². The molecule has 37 heavy (non-hydrogen) atoms. The molecule has 6 nitrogen and oxygen atoms in total. The molecule has 1 saturated heterocycles. The molecule has 1 aliphatic heterocycles. The molecule has 4 rings (SSSR count). The topological polar surface area (TPSA) is 76.1 Å². The average molecular weight is 500 g/mol. The van der Waals surface area contributed by atoms with E-state index in [0.717, 1.165) is 22.4 Å². The third-order valence-corrected chi connectivity index (χ3v) is 6.92. The van der Waals surface area contributed by atoms with Gasteiger partial charge in [-0.05, 0) is 85.3 Å². The summed E-state index contributed by atoms with van der Waals surface area (Å²) >= 11 is 0. The van der Waals surface area contributed by atoms with Crippen molar-refractivity contribution in [1.29, 1.82) is 0 Å². The van der Waals surface area contributed by atoms with Crippen LogP contribution in [0.3, 0.4) is 0 Å². The van der Waals surface area contributed by atoms with E-state index in [-0.39, 0.29) is 17.3 Å². The number of Topliss-reactive ketones (excluding diaryl/α,β-unsaturated/α-hetero) is 1. The maximum Gasteiger partial charge on any atom is 0.300 e. The standard InChI is InChI=1S/C31H33NO5/c1-7-37-26-16-13-22(17-24(26)18(2)3)29(33)27-28(21-11-14-23(36-6)15-12-21)32(31(35)30(27)34)25-10-8-9-19(4)20(25)5/h8-18,28,33H,7H2,1-6H3/b29-27+. The first kappa shape index (κ1) is 26.0. The Balaban J connectivity index is 1.95. The molecule has 192 valence electrons. The van der Waals surface area contributed by atoms with Gasteiger partial charge in [0.05, 0.1) is 25.3 Å². The Morgan fingerprint density at radius 3 is 2.35 bits per heavy atom. The van der Waals surface area contributed by atoms with E-state index in [1.165, 1.54) is 4.90 Å². The molecule has 1 heterocycles. The molecular weight excluding hydrogens is 466 g/mol. The monoisotopic (exact) mass is 499 g/mol. The fourth-order valence-corrected chi connectivity index (χ4v) is 4.77. The summed E-state index contributed by atoms with van der Waals surface area (Å²) in [6.45, 7) is 10.4. The van der Waals surface area contributed by atoms with E-state index in [0.29, 0.717) is 29.2 Å². The van der Waals surface area contributed by atoms with Crippen LogP contribution in [0.25, 0.3) is 5.76 Å². The van der Waals surface area contributed by atoms with Crippen molar-refractivity contribution >= 4 is 23.1 Å². The highest BCUT2D eigenvalue weighted by Crippen LogP contribution is 2.44. The van der Waals surface area contributed by atoms with Crippen molar-refractivity contribution in [2.45, 2.75) is 46.6 Å². The van der Waals surface area contributed by atoms with E-state index in [2.05, 4.69) is 0 Å². The Morgan fingerprint density at radius 1 is 1.03 bits per heavy atom. The van der Waals surface area contributed by atoms with Gasteiger partial charge in [-0.2, -0.15) is 0 Å². The number of carbonyl (C=O) groups is 2. The smallest absolute Gasteiger partial charge is 0.300 e. The number of hydrogen-bond acceptors (Lipinski definition) is 5. The summed E-state index contributed by atoms with van der Waals surface area (Å²) in [7, 11) is 1.58. The van der Waals surface area contributed by atoms with Crippen molar-refractivity contribution in [2.24, 2.45) is 0 Å². The molecule has 3 aromatic carbocycles. The summed E-state index contributed by atoms with van der Waals surface area (Å²) in [5, 5.41) is 11.6. The first-order chi connectivity index (χ1) is 17.7. The molecule has 0 radical (unpaired) electrons. The number of aliphatic hydroxyl groups excluding tert-OH is 1. The van der Waals surface area contributed by atoms with Crippen LogP contribution in [0.5, 0.6) is 11.5 Å². The number of ketones is 1. The van der Waals surface area contributed by atoms with Crippen molar-refractivity contribution in [2.75, 3.05) is 18.6 Å². The van der Waals surface area contributed by atoms with Crippen LogP contribution >= 0.6 is 0 Å². The number of amides is 1. The summed E-state index contributed by atoms with van der Waals surface area (Å²) in [5.41, 5.74) is 4.65. The van der Waals surface area contributed by atoms with E-state index in [4.69, 9.17) is 9.47 Å². The van der Waals surface area contributed by atoms with E-state index in [1.54, 1.807) is 31.4 Å². The number of anilines is 1. The average Bonchev–Trinajstić information content (AvgIpc) is 3.15. The lowest BCUT2D eigenvalue weighted by Gasteiger charge is -2.27. The highest BCUT2D eigenvalue weighted by Gasteiger charge is 2.47. The minimum absolute atomic E-state index is 0.0509. The fraction of sp³-hybridized carbons (Fsp3) is 0.290. The summed E-state index contributed by atoms with van der Waals surface area (Å²) in [6.07, 6.45) is 0. The molecule has 1 atom stereocenters. The summed E-state index contributed by atoms with van der Waals surface area (Å²) in [4.78, 5) is 28.6. The van der Waals surface area contributed by atoms with Gasteiger partial charge in [-0.15, -0.1) is 0 Å². The molecule has 6 heteroatoms. The molecule has 1 amide bonds. The molecule has 1 aliphatic rings. The Morgan fingerprint density at radius 2 is 1.73 bits per heavy atom. The zero-order valence-corrected chi connectivity index (χ0v) is 22.2. The molecule has 0 aromatic heterocycles. The number of nitrogens with zero attached hydrogens (tertiary/aromatic N) is 1. The number of ether oxygens (including phenoxy) is 2. The highest BCUT2D eigenvalue weighted by atomic mass is 16.5. The maximum absolute atomic E-state index is 13.5. The van der Waals surface area contributed by atoms with Crippen molar-refractivity contribution < 1.29 is 24.2 Å². The largest absolute Gasteiger partial charge is 0.507 e. The van der Waals surface area contributed by atoms with Gasteiger partial charge < -0.3 is 14.6 Å². The SMILES string of the molecule is CCOc1ccc(/C(O)=C2\C(=O)C(=O)N(c3cccc(C)c3C)C2c2ccc(OC)cc2)cc1C(C)C. The van der Waals surface area contributed by atoms with Crippen molar-refractivity contribution in [3.05, 3.63) is 94.1 Å². The van der Waals surface area contributed by atoms with Crippen LogP contribution in [0.2, 0.25) is 0 Å². The first-order valence-electron chi connectivity index (χ1n) is 12.5. The predicted octanol–water partition coefficient (Wildman–Crippen LogP) is 6.46. The van der Waals surface area contributed by atoms with E-state index in [1.807, 2.05) is 71.0 Å². The van der Waals surface area contributed by atoms with Crippen LogP contribution in [0, 0.1) is 13.8 Å². The minimum Gasteiger partial charge on any atom is -0.507 e. The lowest BCUT2D eigenvalue weighted by atomic mass is 9.92. The van der Waals surface area contributed by atoms with Crippen LogP contribution in [0.15, 0.2) is 66.2 Å². The third kappa shape index (κ3) is 4.71. The Bertz CT molecular complexity index is 1370. The van der Waals surface area contributed by atoms with Gasteiger partial charge in [0.1, 0.15) is 17.3 Å². The normalized spacial score (nSPS) is 16.9. The number of aliphatic hydroxyl groups is 1. The van der Waals surface area contributed by atoms with Gasteiger partial charge in [-0.1, -0.05) is 38.1 Å². The molecule has 0 bridgehead atoms. The quantitative estimate of drug-likeness (QED) is 0.229. The lowest BCUT2D eigenvalue weighted by molar-refractivity contribution is -0.132. The number of rotatable bonds is 7. The van der Waals surface area contributed by atoms with Crippen LogP contribution in [-0.4, -0.2) is 30.5 Å². The van der Waals surface area contributed by atoms with Gasteiger partial charge in [-0.3, -0.25) is 14.5 Å². The molecular formula is C31H33NO5. The second kappa shape index (κ2) is 10.5. The fourth-order valence-electron chi connectivity index (χ4n) is 4.77. The molecule has 0 spiro atoms. The Hall–Kier alpha value is -4.06. The van der Waals surface area contributed by atoms with Gasteiger partial charge in [0.25, 0.3) is 11.7 Å². The molecule has 0 saturated carbocycles. The summed E-state index contributed by atoms with van der Waals surface area (Å²) < 4.78 is 11.1. The maximum atomic E-state index is 13.5. The van der Waals surface area contributed by atoms with Gasteiger partial charge in [0.2, 0.25) is 0 Å². The molecule has 1 fully saturated rings. The number of aryl methyl sites for hydroxylation is 1. The predicted molar refractivity (Wildman–Crippen MR) is 145 cm³/mol. The number of benzene rings is 3. The van der Waals surface area contributed by atoms with E-state index >= 15 is 0 Å². The summed E-state index contributed by atoms with van der Waals surface area (Å²) in [5.74, 6) is -0.0941. The number of hydrogen-bond donors (Lipinski definition) is 1. The van der Waals surface area contributed by atoms with Crippen LogP contribution < -0.4 is 14.4 Å². The van der Waals surface area contributed by atoms with E-state index < -0.39 is 17.7 Å². The summed E-state index contributed by atoms with van der Waals surface area (Å²) in [6, 6.07) is 17.4. The zero-order valence-electron chi connectivity index (χ0n) is 22.2. The molecule has 1 N–H and O–H groups in total. The minimum atomic E-state index is -0.805. The Labute approximate surface area is 218 Å². The van der Waals surface area contributed by atoms with Gasteiger partial charge in [0, 0.05) is 11.3 Å². The number of carbonyl (C=O) groups excluding carboxylic acids is 2. The van der Waals surface area contributed by atoms with Gasteiger partial charge in [-0.25, -0.2) is 0 Å². The molecule has 3 aromatic rings. The zero-order chi connectivity index (χ0) is 26.9. The van der Waals surface area contributed by atoms with Crippen LogP contribution in [0.1, 0.15) is 60.5 Å². The molecule has 0 aliphatic carbocycles. The number of methoxy groups -OCH3 is 1. The second-order valence-electron chi connectivity index (χ2n) is 9.50. The van der Waals surface area contributed by atoms with Crippen molar-refractivity contribution in [3.8, 4) is 11.5 Å². The Kier molecular flexibility index (Phi) is 7.39. The first-order valence-corrected chi connectivity index (χ1v) is 12.5.